The van der Waals surface area contributed by atoms with E-state index in [1.54, 1.807) is 12.5 Å². The van der Waals surface area contributed by atoms with Gasteiger partial charge in [0.25, 0.3) is 0 Å². The molecule has 0 bridgehead atoms. The van der Waals surface area contributed by atoms with Crippen LogP contribution in [-0.2, 0) is 6.42 Å². The summed E-state index contributed by atoms with van der Waals surface area (Å²) >= 11 is 0. The molecule has 0 amide bonds. The van der Waals surface area contributed by atoms with Gasteiger partial charge in [-0.1, -0.05) is 30.3 Å². The normalized spacial score (nSPS) is 11.0. The van der Waals surface area contributed by atoms with Crippen molar-refractivity contribution in [3.05, 3.63) is 72.4 Å². The van der Waals surface area contributed by atoms with E-state index in [0.29, 0.717) is 0 Å². The van der Waals surface area contributed by atoms with Crippen molar-refractivity contribution in [3.63, 3.8) is 0 Å². The lowest BCUT2D eigenvalue weighted by molar-refractivity contribution is 0.582. The van der Waals surface area contributed by atoms with Crippen molar-refractivity contribution < 1.29 is 4.42 Å². The molecule has 0 radical (unpaired) electrons. The molecule has 0 aliphatic rings. The lowest BCUT2D eigenvalue weighted by Gasteiger charge is -1.96. The van der Waals surface area contributed by atoms with E-state index >= 15 is 0 Å². The van der Waals surface area contributed by atoms with E-state index in [2.05, 4.69) is 27.1 Å². The van der Waals surface area contributed by atoms with Crippen LogP contribution in [0.2, 0.25) is 0 Å². The van der Waals surface area contributed by atoms with Gasteiger partial charge < -0.3 is 9.40 Å². The summed E-state index contributed by atoms with van der Waals surface area (Å²) in [4.78, 5) is 12.3. The Morgan fingerprint density at radius 1 is 1.05 bits per heavy atom. The first kappa shape index (κ1) is 11.9. The van der Waals surface area contributed by atoms with Gasteiger partial charge in [-0.05, 0) is 23.8 Å². The molecule has 0 aliphatic carbocycles. The summed E-state index contributed by atoms with van der Waals surface area (Å²) in [5.74, 6) is 1.73. The van der Waals surface area contributed by atoms with Crippen LogP contribution >= 0.6 is 0 Å². The number of H-pyrrole nitrogens is 1. The average molecular weight is 275 g/mol. The molecular weight excluding hydrogens is 262 g/mol. The van der Waals surface area contributed by atoms with E-state index in [1.165, 1.54) is 5.56 Å². The van der Waals surface area contributed by atoms with Gasteiger partial charge >= 0.3 is 0 Å². The molecule has 1 N–H and O–H groups in total. The maximum atomic E-state index is 5.40. The Labute approximate surface area is 121 Å². The van der Waals surface area contributed by atoms with Crippen LogP contribution in [0.3, 0.4) is 0 Å². The molecule has 0 fully saturated rings. The Bertz CT molecular complexity index is 864. The van der Waals surface area contributed by atoms with Gasteiger partial charge in [-0.25, -0.2) is 9.97 Å². The number of aromatic amines is 1. The zero-order valence-corrected chi connectivity index (χ0v) is 11.3. The van der Waals surface area contributed by atoms with Crippen LogP contribution in [0.4, 0.5) is 0 Å². The quantitative estimate of drug-likeness (QED) is 0.618. The van der Waals surface area contributed by atoms with Gasteiger partial charge in [-0.15, -0.1) is 0 Å². The maximum absolute atomic E-state index is 5.40. The molecule has 4 heteroatoms. The summed E-state index contributed by atoms with van der Waals surface area (Å²) in [6, 6.07) is 16.1. The van der Waals surface area contributed by atoms with Gasteiger partial charge in [0.05, 0.1) is 11.8 Å². The molecule has 0 aliphatic heterocycles. The van der Waals surface area contributed by atoms with Crippen LogP contribution in [-0.4, -0.2) is 15.0 Å². The monoisotopic (exact) mass is 275 g/mol. The second-order valence-electron chi connectivity index (χ2n) is 4.92. The fourth-order valence-electron chi connectivity index (χ4n) is 2.40. The van der Waals surface area contributed by atoms with E-state index in [4.69, 9.17) is 4.42 Å². The van der Waals surface area contributed by atoms with Crippen LogP contribution < -0.4 is 0 Å². The number of imidazole rings is 1. The second-order valence-corrected chi connectivity index (χ2v) is 4.92. The van der Waals surface area contributed by atoms with Crippen molar-refractivity contribution in [1.29, 1.82) is 0 Å². The number of pyridine rings is 1. The predicted octanol–water partition coefficient (Wildman–Crippen LogP) is 3.81. The zero-order valence-electron chi connectivity index (χ0n) is 11.3. The molecule has 0 saturated heterocycles. The number of rotatable bonds is 3. The molecular formula is C17H13N3O. The first-order valence-electron chi connectivity index (χ1n) is 6.81. The summed E-state index contributed by atoms with van der Waals surface area (Å²) in [6.45, 7) is 0. The fourth-order valence-corrected chi connectivity index (χ4v) is 2.40. The number of nitrogens with zero attached hydrogens (tertiary/aromatic N) is 2. The Morgan fingerprint density at radius 2 is 1.95 bits per heavy atom. The van der Waals surface area contributed by atoms with Crippen LogP contribution in [0.5, 0.6) is 0 Å². The number of hydrogen-bond acceptors (Lipinski definition) is 3. The number of benzene rings is 1. The molecule has 4 aromatic rings. The van der Waals surface area contributed by atoms with Crippen molar-refractivity contribution >= 4 is 11.2 Å². The highest BCUT2D eigenvalue weighted by Gasteiger charge is 2.08. The van der Waals surface area contributed by atoms with Crippen molar-refractivity contribution in [2.24, 2.45) is 0 Å². The molecule has 3 heterocycles. The van der Waals surface area contributed by atoms with Crippen LogP contribution in [0.15, 0.2) is 65.4 Å². The number of fused-ring (bicyclic) bond motifs is 1. The molecule has 4 rings (SSSR count). The topological polar surface area (TPSA) is 54.7 Å². The first-order valence-corrected chi connectivity index (χ1v) is 6.81. The number of hydrogen-bond donors (Lipinski definition) is 1. The van der Waals surface area contributed by atoms with Crippen LogP contribution in [0.1, 0.15) is 11.4 Å². The average Bonchev–Trinajstić information content (AvgIpc) is 3.16. The lowest BCUT2D eigenvalue weighted by Crippen LogP contribution is -1.89. The van der Waals surface area contributed by atoms with Gasteiger partial charge in [0.1, 0.15) is 11.6 Å². The second kappa shape index (κ2) is 4.90. The highest BCUT2D eigenvalue weighted by molar-refractivity contribution is 5.76. The number of aromatic nitrogens is 3. The molecule has 0 unspecified atom stereocenters. The molecule has 4 nitrogen and oxygen atoms in total. The molecule has 0 spiro atoms. The molecule has 102 valence electrons. The molecule has 1 aromatic carbocycles. The van der Waals surface area contributed by atoms with Crippen LogP contribution in [0.25, 0.3) is 22.5 Å². The highest BCUT2D eigenvalue weighted by atomic mass is 16.3. The summed E-state index contributed by atoms with van der Waals surface area (Å²) in [5, 5.41) is 0. The maximum Gasteiger partial charge on any atom is 0.177 e. The van der Waals surface area contributed by atoms with Crippen LogP contribution in [0, 0.1) is 0 Å². The standard InChI is InChI=1S/C17H13N3O/c1-2-5-12(6-3-1)9-16-19-14-10-13(11-18-17(14)20-16)15-7-4-8-21-15/h1-8,10-11H,9H2,(H,18,19,20). The van der Waals surface area contributed by atoms with Crippen molar-refractivity contribution in [2.45, 2.75) is 6.42 Å². The Hall–Kier alpha value is -2.88. The molecule has 21 heavy (non-hydrogen) atoms. The van der Waals surface area contributed by atoms with E-state index in [0.717, 1.165) is 34.7 Å². The third-order valence-corrected chi connectivity index (χ3v) is 3.41. The Balaban J connectivity index is 1.70. The highest BCUT2D eigenvalue weighted by Crippen LogP contribution is 2.22. The van der Waals surface area contributed by atoms with E-state index in [9.17, 15) is 0 Å². The smallest absolute Gasteiger partial charge is 0.177 e. The van der Waals surface area contributed by atoms with Gasteiger partial charge in [-0.3, -0.25) is 0 Å². The summed E-state index contributed by atoms with van der Waals surface area (Å²) in [6.07, 6.45) is 4.22. The summed E-state index contributed by atoms with van der Waals surface area (Å²) < 4.78 is 5.40. The molecule has 0 atom stereocenters. The van der Waals surface area contributed by atoms with E-state index in [1.807, 2.05) is 36.4 Å². The SMILES string of the molecule is c1ccc(Cc2nc3ncc(-c4ccco4)cc3[nH]2)cc1. The Morgan fingerprint density at radius 3 is 2.76 bits per heavy atom. The lowest BCUT2D eigenvalue weighted by atomic mass is 10.1. The predicted molar refractivity (Wildman–Crippen MR) is 80.8 cm³/mol. The van der Waals surface area contributed by atoms with Crippen molar-refractivity contribution in [2.75, 3.05) is 0 Å². The summed E-state index contributed by atoms with van der Waals surface area (Å²) in [5.41, 5.74) is 3.83. The largest absolute Gasteiger partial charge is 0.464 e. The third kappa shape index (κ3) is 2.31. The minimum Gasteiger partial charge on any atom is -0.464 e. The molecule has 3 aromatic heterocycles. The minimum atomic E-state index is 0.733. The first-order chi connectivity index (χ1) is 10.4. The number of furan rings is 1. The fraction of sp³-hybridized carbons (Fsp3) is 0.0588. The summed E-state index contributed by atoms with van der Waals surface area (Å²) in [7, 11) is 0. The van der Waals surface area contributed by atoms with Crippen molar-refractivity contribution in [3.8, 4) is 11.3 Å². The number of nitrogens with one attached hydrogen (secondary N) is 1. The van der Waals surface area contributed by atoms with Gasteiger partial charge in [0.2, 0.25) is 0 Å². The Kier molecular flexibility index (Phi) is 2.78. The minimum absolute atomic E-state index is 0.733. The zero-order chi connectivity index (χ0) is 14.1. The van der Waals surface area contributed by atoms with E-state index in [-0.39, 0.29) is 0 Å². The molecule has 0 saturated carbocycles. The van der Waals surface area contributed by atoms with Gasteiger partial charge in [-0.2, -0.15) is 0 Å². The third-order valence-electron chi connectivity index (χ3n) is 3.41. The van der Waals surface area contributed by atoms with Crippen molar-refractivity contribution in [1.82, 2.24) is 15.0 Å². The van der Waals surface area contributed by atoms with Gasteiger partial charge in [0, 0.05) is 18.2 Å². The van der Waals surface area contributed by atoms with Gasteiger partial charge in [0.15, 0.2) is 5.65 Å². The van der Waals surface area contributed by atoms with E-state index < -0.39 is 0 Å².